The van der Waals surface area contributed by atoms with Crippen molar-refractivity contribution in [3.05, 3.63) is 29.8 Å². The first kappa shape index (κ1) is 16.7. The van der Waals surface area contributed by atoms with E-state index in [4.69, 9.17) is 0 Å². The molecule has 0 radical (unpaired) electrons. The highest BCUT2D eigenvalue weighted by Gasteiger charge is 2.20. The van der Waals surface area contributed by atoms with Crippen molar-refractivity contribution in [3.8, 4) is 0 Å². The summed E-state index contributed by atoms with van der Waals surface area (Å²) in [6.07, 6.45) is 5.44. The minimum absolute atomic E-state index is 0.00945. The normalized spacial score (nSPS) is 18.9. The number of carbonyl (C=O) groups excluding carboxylic acids is 2. The van der Waals surface area contributed by atoms with Crippen molar-refractivity contribution in [2.24, 2.45) is 0 Å². The SMILES string of the molecule is CCC1CCCCN1CCC(=O)Nc1cccc(C(C)=O)c1. The van der Waals surface area contributed by atoms with Gasteiger partial charge in [-0.15, -0.1) is 0 Å². The van der Waals surface area contributed by atoms with Crippen molar-refractivity contribution in [1.29, 1.82) is 0 Å². The Labute approximate surface area is 132 Å². The van der Waals surface area contributed by atoms with Gasteiger partial charge in [0.05, 0.1) is 0 Å². The highest BCUT2D eigenvalue weighted by molar-refractivity contribution is 5.97. The number of hydrogen-bond donors (Lipinski definition) is 1. The van der Waals surface area contributed by atoms with Gasteiger partial charge in [0.15, 0.2) is 5.78 Å². The molecule has 4 nitrogen and oxygen atoms in total. The first-order valence-corrected chi connectivity index (χ1v) is 8.25. The van der Waals surface area contributed by atoms with Crippen LogP contribution < -0.4 is 5.32 Å². The third-order valence-corrected chi connectivity index (χ3v) is 4.40. The molecule has 1 N–H and O–H groups in total. The van der Waals surface area contributed by atoms with E-state index < -0.39 is 0 Å². The first-order chi connectivity index (χ1) is 10.6. The summed E-state index contributed by atoms with van der Waals surface area (Å²) in [7, 11) is 0. The number of nitrogens with zero attached hydrogens (tertiary/aromatic N) is 1. The molecule has 0 aromatic heterocycles. The van der Waals surface area contributed by atoms with Gasteiger partial charge in [-0.1, -0.05) is 25.5 Å². The van der Waals surface area contributed by atoms with Crippen LogP contribution in [0.1, 0.15) is 56.3 Å². The Morgan fingerprint density at radius 1 is 1.32 bits per heavy atom. The molecule has 1 aliphatic rings. The Morgan fingerprint density at radius 2 is 2.14 bits per heavy atom. The monoisotopic (exact) mass is 302 g/mol. The second-order valence-corrected chi connectivity index (χ2v) is 6.03. The number of rotatable bonds is 6. The topological polar surface area (TPSA) is 49.4 Å². The van der Waals surface area contributed by atoms with Crippen LogP contribution in [0.4, 0.5) is 5.69 Å². The predicted octanol–water partition coefficient (Wildman–Crippen LogP) is 3.48. The van der Waals surface area contributed by atoms with Crippen LogP contribution in [0.25, 0.3) is 0 Å². The minimum Gasteiger partial charge on any atom is -0.326 e. The summed E-state index contributed by atoms with van der Waals surface area (Å²) >= 11 is 0. The third kappa shape index (κ3) is 4.67. The van der Waals surface area contributed by atoms with E-state index >= 15 is 0 Å². The maximum atomic E-state index is 12.1. The van der Waals surface area contributed by atoms with Crippen LogP contribution >= 0.6 is 0 Å². The summed E-state index contributed by atoms with van der Waals surface area (Å²) < 4.78 is 0. The zero-order valence-corrected chi connectivity index (χ0v) is 13.6. The molecule has 0 spiro atoms. The van der Waals surface area contributed by atoms with Gasteiger partial charge >= 0.3 is 0 Å². The van der Waals surface area contributed by atoms with Crippen molar-refractivity contribution in [1.82, 2.24) is 4.90 Å². The zero-order chi connectivity index (χ0) is 15.9. The molecule has 120 valence electrons. The number of hydrogen-bond acceptors (Lipinski definition) is 3. The summed E-state index contributed by atoms with van der Waals surface area (Å²) in [6.45, 7) is 5.67. The summed E-state index contributed by atoms with van der Waals surface area (Å²) in [5, 5.41) is 2.89. The lowest BCUT2D eigenvalue weighted by Gasteiger charge is -2.35. The van der Waals surface area contributed by atoms with E-state index in [0.717, 1.165) is 19.5 Å². The molecule has 1 fully saturated rings. The number of benzene rings is 1. The average molecular weight is 302 g/mol. The molecule has 1 aliphatic heterocycles. The Balaban J connectivity index is 1.85. The van der Waals surface area contributed by atoms with Crippen molar-refractivity contribution < 1.29 is 9.59 Å². The van der Waals surface area contributed by atoms with E-state index in [1.54, 1.807) is 18.2 Å². The van der Waals surface area contributed by atoms with E-state index in [-0.39, 0.29) is 11.7 Å². The van der Waals surface area contributed by atoms with Gasteiger partial charge in [-0.25, -0.2) is 0 Å². The molecular weight excluding hydrogens is 276 g/mol. The Morgan fingerprint density at radius 3 is 2.86 bits per heavy atom. The highest BCUT2D eigenvalue weighted by Crippen LogP contribution is 2.19. The van der Waals surface area contributed by atoms with Gasteiger partial charge in [0.2, 0.25) is 5.91 Å². The number of amides is 1. The average Bonchev–Trinajstić information content (AvgIpc) is 2.53. The summed E-state index contributed by atoms with van der Waals surface area (Å²) in [5.41, 5.74) is 1.32. The molecule has 1 saturated heterocycles. The second kappa shape index (κ2) is 8.08. The van der Waals surface area contributed by atoms with E-state index in [9.17, 15) is 9.59 Å². The van der Waals surface area contributed by atoms with Gasteiger partial charge < -0.3 is 5.32 Å². The molecule has 1 aromatic rings. The van der Waals surface area contributed by atoms with Crippen molar-refractivity contribution in [2.45, 2.75) is 52.0 Å². The molecule has 2 rings (SSSR count). The fourth-order valence-corrected chi connectivity index (χ4v) is 3.10. The van der Waals surface area contributed by atoms with E-state index in [1.165, 1.54) is 26.2 Å². The smallest absolute Gasteiger partial charge is 0.225 e. The molecule has 0 saturated carbocycles. The van der Waals surface area contributed by atoms with Gasteiger partial charge in [0.1, 0.15) is 0 Å². The maximum Gasteiger partial charge on any atom is 0.225 e. The molecule has 22 heavy (non-hydrogen) atoms. The van der Waals surface area contributed by atoms with Crippen molar-refractivity contribution in [3.63, 3.8) is 0 Å². The zero-order valence-electron chi connectivity index (χ0n) is 13.6. The van der Waals surface area contributed by atoms with Crippen LogP contribution in [0.3, 0.4) is 0 Å². The molecule has 0 bridgehead atoms. The van der Waals surface area contributed by atoms with Gasteiger partial charge in [0.25, 0.3) is 0 Å². The lowest BCUT2D eigenvalue weighted by Crippen LogP contribution is -2.40. The predicted molar refractivity (Wildman–Crippen MR) is 89.2 cm³/mol. The number of piperidine rings is 1. The Kier molecular flexibility index (Phi) is 6.13. The molecule has 1 heterocycles. The van der Waals surface area contributed by atoms with Crippen LogP contribution in [-0.4, -0.2) is 35.7 Å². The van der Waals surface area contributed by atoms with E-state index in [2.05, 4.69) is 17.1 Å². The maximum absolute atomic E-state index is 12.1. The minimum atomic E-state index is 0.00945. The largest absolute Gasteiger partial charge is 0.326 e. The van der Waals surface area contributed by atoms with Crippen LogP contribution in [0.2, 0.25) is 0 Å². The molecule has 1 amide bonds. The Hall–Kier alpha value is -1.68. The molecule has 0 aliphatic carbocycles. The molecule has 1 unspecified atom stereocenters. The second-order valence-electron chi connectivity index (χ2n) is 6.03. The number of carbonyl (C=O) groups is 2. The van der Waals surface area contributed by atoms with Gasteiger partial charge in [-0.05, 0) is 44.9 Å². The lowest BCUT2D eigenvalue weighted by atomic mass is 10.00. The van der Waals surface area contributed by atoms with Crippen molar-refractivity contribution >= 4 is 17.4 Å². The van der Waals surface area contributed by atoms with Gasteiger partial charge in [-0.2, -0.15) is 0 Å². The van der Waals surface area contributed by atoms with E-state index in [1.807, 2.05) is 6.07 Å². The molecular formula is C18H26N2O2. The summed E-state index contributed by atoms with van der Waals surface area (Å²) in [5.74, 6) is 0.0244. The number of nitrogens with one attached hydrogen (secondary N) is 1. The van der Waals surface area contributed by atoms with Crippen LogP contribution in [-0.2, 0) is 4.79 Å². The Bertz CT molecular complexity index is 528. The van der Waals surface area contributed by atoms with Crippen LogP contribution in [0.15, 0.2) is 24.3 Å². The number of likely N-dealkylation sites (tertiary alicyclic amines) is 1. The molecule has 1 aromatic carbocycles. The van der Waals surface area contributed by atoms with Gasteiger partial charge in [-0.3, -0.25) is 14.5 Å². The van der Waals surface area contributed by atoms with Crippen LogP contribution in [0, 0.1) is 0 Å². The number of ketones is 1. The van der Waals surface area contributed by atoms with Crippen molar-refractivity contribution in [2.75, 3.05) is 18.4 Å². The molecule has 1 atom stereocenters. The number of anilines is 1. The number of Topliss-reactive ketones (excluding diaryl/α,β-unsaturated/α-hetero) is 1. The standard InChI is InChI=1S/C18H26N2O2/c1-3-17-9-4-5-11-20(17)12-10-18(22)19-16-8-6-7-15(13-16)14(2)21/h6-8,13,17H,3-5,9-12H2,1-2H3,(H,19,22). The fourth-order valence-electron chi connectivity index (χ4n) is 3.10. The third-order valence-electron chi connectivity index (χ3n) is 4.40. The lowest BCUT2D eigenvalue weighted by molar-refractivity contribution is -0.116. The van der Waals surface area contributed by atoms with E-state index in [0.29, 0.717) is 23.7 Å². The summed E-state index contributed by atoms with van der Waals surface area (Å²) in [6, 6.07) is 7.74. The molecule has 4 heteroatoms. The highest BCUT2D eigenvalue weighted by atomic mass is 16.1. The fraction of sp³-hybridized carbons (Fsp3) is 0.556. The first-order valence-electron chi connectivity index (χ1n) is 8.25. The van der Waals surface area contributed by atoms with Gasteiger partial charge in [0, 0.05) is 30.3 Å². The quantitative estimate of drug-likeness (QED) is 0.818. The van der Waals surface area contributed by atoms with Crippen LogP contribution in [0.5, 0.6) is 0 Å². The summed E-state index contributed by atoms with van der Waals surface area (Å²) in [4.78, 5) is 25.9.